The first kappa shape index (κ1) is 18.9. The van der Waals surface area contributed by atoms with Crippen LogP contribution in [-0.4, -0.2) is 49.8 Å². The number of aromatic nitrogens is 1. The van der Waals surface area contributed by atoms with Gasteiger partial charge in [-0.15, -0.1) is 0 Å². The smallest absolute Gasteiger partial charge is 0.243 e. The molecule has 7 nitrogen and oxygen atoms in total. The molecular weight excluding hydrogens is 376 g/mol. The van der Waals surface area contributed by atoms with E-state index in [4.69, 9.17) is 0 Å². The lowest BCUT2D eigenvalue weighted by molar-refractivity contribution is -0.116. The summed E-state index contributed by atoms with van der Waals surface area (Å²) >= 11 is 0. The lowest BCUT2D eigenvalue weighted by atomic mass is 10.0. The first-order valence-corrected chi connectivity index (χ1v) is 11.0. The number of anilines is 2. The van der Waals surface area contributed by atoms with Gasteiger partial charge in [0.25, 0.3) is 0 Å². The second kappa shape index (κ2) is 7.52. The molecule has 0 bridgehead atoms. The van der Waals surface area contributed by atoms with Gasteiger partial charge in [0.15, 0.2) is 0 Å². The van der Waals surface area contributed by atoms with Gasteiger partial charge >= 0.3 is 0 Å². The lowest BCUT2D eigenvalue weighted by Gasteiger charge is -2.25. The maximum Gasteiger partial charge on any atom is 0.243 e. The van der Waals surface area contributed by atoms with E-state index in [9.17, 15) is 13.2 Å². The number of carbonyl (C=O) groups excluding carboxylic acids is 1. The van der Waals surface area contributed by atoms with Gasteiger partial charge in [-0.25, -0.2) is 8.42 Å². The number of hydrogen-bond donors (Lipinski definition) is 1. The highest BCUT2D eigenvalue weighted by molar-refractivity contribution is 7.89. The van der Waals surface area contributed by atoms with Crippen LogP contribution in [0.3, 0.4) is 0 Å². The maximum absolute atomic E-state index is 13.2. The summed E-state index contributed by atoms with van der Waals surface area (Å²) < 4.78 is 28.0. The van der Waals surface area contributed by atoms with Crippen LogP contribution < -0.4 is 10.2 Å². The van der Waals surface area contributed by atoms with Gasteiger partial charge in [0.05, 0.1) is 4.90 Å². The summed E-state index contributed by atoms with van der Waals surface area (Å²) in [4.78, 5) is 18.2. The van der Waals surface area contributed by atoms with Gasteiger partial charge in [-0.1, -0.05) is 0 Å². The van der Waals surface area contributed by atoms with E-state index in [-0.39, 0.29) is 5.91 Å². The molecule has 1 amide bonds. The molecule has 0 atom stereocenters. The van der Waals surface area contributed by atoms with Crippen LogP contribution in [-0.2, 0) is 21.2 Å². The summed E-state index contributed by atoms with van der Waals surface area (Å²) in [7, 11) is -3.57. The van der Waals surface area contributed by atoms with Gasteiger partial charge in [-0.05, 0) is 55.2 Å². The summed E-state index contributed by atoms with van der Waals surface area (Å²) in [6.45, 7) is 4.42. The second-order valence-electron chi connectivity index (χ2n) is 7.27. The first-order valence-electron chi connectivity index (χ1n) is 9.53. The van der Waals surface area contributed by atoms with Gasteiger partial charge in [0, 0.05) is 56.4 Å². The fraction of sp³-hybridized carbons (Fsp3) is 0.400. The average molecular weight is 401 g/mol. The fourth-order valence-electron chi connectivity index (χ4n) is 3.87. The summed E-state index contributed by atoms with van der Waals surface area (Å²) in [5.41, 5.74) is 3.80. The number of nitrogens with one attached hydrogen (secondary N) is 1. The van der Waals surface area contributed by atoms with Crippen molar-refractivity contribution in [2.24, 2.45) is 0 Å². The van der Waals surface area contributed by atoms with Crippen LogP contribution in [0.15, 0.2) is 41.6 Å². The van der Waals surface area contributed by atoms with Crippen molar-refractivity contribution in [3.8, 4) is 0 Å². The van der Waals surface area contributed by atoms with Gasteiger partial charge in [0.1, 0.15) is 0 Å². The molecule has 1 fully saturated rings. The zero-order valence-corrected chi connectivity index (χ0v) is 16.7. The van der Waals surface area contributed by atoms with Crippen molar-refractivity contribution < 1.29 is 13.2 Å². The summed E-state index contributed by atoms with van der Waals surface area (Å²) in [5.74, 6) is -0.0258. The van der Waals surface area contributed by atoms with E-state index in [0.717, 1.165) is 29.8 Å². The van der Waals surface area contributed by atoms with E-state index in [1.54, 1.807) is 28.7 Å². The monoisotopic (exact) mass is 400 g/mol. The Kier molecular flexibility index (Phi) is 5.07. The molecule has 2 aliphatic heterocycles. The molecule has 4 rings (SSSR count). The number of carbonyl (C=O) groups is 1. The largest absolute Gasteiger partial charge is 0.370 e. The minimum atomic E-state index is -3.57. The molecule has 8 heteroatoms. The number of rotatable bonds is 3. The SMILES string of the molecule is Cc1cnccc1N1CCCN(S(=O)(=O)c2ccc3c(c2)CCC(=O)N3)CC1. The van der Waals surface area contributed by atoms with E-state index in [1.165, 1.54) is 0 Å². The Morgan fingerprint density at radius 3 is 2.75 bits per heavy atom. The van der Waals surface area contributed by atoms with Gasteiger partial charge < -0.3 is 10.2 Å². The van der Waals surface area contributed by atoms with E-state index >= 15 is 0 Å². The maximum atomic E-state index is 13.2. The minimum Gasteiger partial charge on any atom is -0.370 e. The summed E-state index contributed by atoms with van der Waals surface area (Å²) in [6, 6.07) is 6.98. The number of nitrogens with zero attached hydrogens (tertiary/aromatic N) is 3. The number of aryl methyl sites for hydroxylation is 2. The van der Waals surface area contributed by atoms with Crippen LogP contribution in [0.2, 0.25) is 0 Å². The van der Waals surface area contributed by atoms with Crippen LogP contribution in [0, 0.1) is 6.92 Å². The van der Waals surface area contributed by atoms with Gasteiger partial charge in [-0.2, -0.15) is 4.31 Å². The number of sulfonamides is 1. The van der Waals surface area contributed by atoms with Crippen molar-refractivity contribution in [1.29, 1.82) is 0 Å². The molecule has 1 saturated heterocycles. The molecular formula is C20H24N4O3S. The summed E-state index contributed by atoms with van der Waals surface area (Å²) in [5, 5.41) is 2.80. The fourth-order valence-corrected chi connectivity index (χ4v) is 5.39. The molecule has 2 aromatic rings. The average Bonchev–Trinajstić information content (AvgIpc) is 2.94. The van der Waals surface area contributed by atoms with E-state index in [0.29, 0.717) is 43.1 Å². The van der Waals surface area contributed by atoms with Crippen molar-refractivity contribution in [2.75, 3.05) is 36.4 Å². The number of fused-ring (bicyclic) bond motifs is 1. The Morgan fingerprint density at radius 2 is 1.93 bits per heavy atom. The highest BCUT2D eigenvalue weighted by Gasteiger charge is 2.28. The molecule has 0 saturated carbocycles. The normalized spacial score (nSPS) is 18.3. The third kappa shape index (κ3) is 3.62. The molecule has 3 heterocycles. The molecule has 0 aliphatic carbocycles. The van der Waals surface area contributed by atoms with Crippen LogP contribution in [0.1, 0.15) is 24.0 Å². The van der Waals surface area contributed by atoms with Crippen molar-refractivity contribution in [3.05, 3.63) is 47.8 Å². The van der Waals surface area contributed by atoms with Crippen LogP contribution in [0.25, 0.3) is 0 Å². The van der Waals surface area contributed by atoms with Crippen molar-refractivity contribution in [3.63, 3.8) is 0 Å². The van der Waals surface area contributed by atoms with E-state index in [1.807, 2.05) is 19.2 Å². The Morgan fingerprint density at radius 1 is 1.07 bits per heavy atom. The zero-order valence-electron chi connectivity index (χ0n) is 15.9. The lowest BCUT2D eigenvalue weighted by Crippen LogP contribution is -2.35. The molecule has 1 aromatic carbocycles. The highest BCUT2D eigenvalue weighted by atomic mass is 32.2. The van der Waals surface area contributed by atoms with Gasteiger partial charge in [0.2, 0.25) is 15.9 Å². The summed E-state index contributed by atoms with van der Waals surface area (Å²) in [6.07, 6.45) is 5.33. The van der Waals surface area contributed by atoms with Crippen LogP contribution >= 0.6 is 0 Å². The number of pyridine rings is 1. The predicted octanol–water partition coefficient (Wildman–Crippen LogP) is 2.18. The predicted molar refractivity (Wildman–Crippen MR) is 108 cm³/mol. The number of hydrogen-bond acceptors (Lipinski definition) is 5. The zero-order chi connectivity index (χ0) is 19.7. The van der Waals surface area contributed by atoms with E-state index in [2.05, 4.69) is 15.2 Å². The van der Waals surface area contributed by atoms with Crippen LogP contribution in [0.4, 0.5) is 11.4 Å². The quantitative estimate of drug-likeness (QED) is 0.854. The van der Waals surface area contributed by atoms with Crippen LogP contribution in [0.5, 0.6) is 0 Å². The Hall–Kier alpha value is -2.45. The second-order valence-corrected chi connectivity index (χ2v) is 9.21. The van der Waals surface area contributed by atoms with E-state index < -0.39 is 10.0 Å². The Bertz CT molecular complexity index is 1010. The third-order valence-corrected chi connectivity index (χ3v) is 7.29. The molecule has 148 valence electrons. The molecule has 0 unspecified atom stereocenters. The number of benzene rings is 1. The molecule has 2 aliphatic rings. The van der Waals surface area contributed by atoms with Crippen molar-refractivity contribution in [1.82, 2.24) is 9.29 Å². The third-order valence-electron chi connectivity index (χ3n) is 5.40. The number of amides is 1. The molecule has 0 spiro atoms. The highest BCUT2D eigenvalue weighted by Crippen LogP contribution is 2.28. The minimum absolute atomic E-state index is 0.0258. The van der Waals surface area contributed by atoms with Gasteiger partial charge in [-0.3, -0.25) is 9.78 Å². The van der Waals surface area contributed by atoms with Crippen molar-refractivity contribution >= 4 is 27.3 Å². The first-order chi connectivity index (χ1) is 13.4. The molecule has 0 radical (unpaired) electrons. The molecule has 1 N–H and O–H groups in total. The topological polar surface area (TPSA) is 82.6 Å². The standard InChI is InChI=1S/C20H24N4O3S/c1-15-14-21-8-7-19(15)23-9-2-10-24(12-11-23)28(26,27)17-4-5-18-16(13-17)3-6-20(25)22-18/h4-5,7-8,13-14H,2-3,6,9-12H2,1H3,(H,22,25). The Labute approximate surface area is 165 Å². The van der Waals surface area contributed by atoms with Crippen molar-refractivity contribution in [2.45, 2.75) is 31.1 Å². The molecule has 28 heavy (non-hydrogen) atoms. The molecule has 1 aromatic heterocycles. The Balaban J connectivity index is 1.54.